The van der Waals surface area contributed by atoms with Crippen LogP contribution in [-0.2, 0) is 0 Å². The summed E-state index contributed by atoms with van der Waals surface area (Å²) >= 11 is 2.15. The molecule has 1 rings (SSSR count). The van der Waals surface area contributed by atoms with Gasteiger partial charge in [0.25, 0.3) is 0 Å². The van der Waals surface area contributed by atoms with E-state index in [0.29, 0.717) is 5.75 Å². The van der Waals surface area contributed by atoms with E-state index in [-0.39, 0.29) is 5.90 Å². The average molecular weight is 274 g/mol. The van der Waals surface area contributed by atoms with E-state index in [2.05, 4.69) is 27.4 Å². The van der Waals surface area contributed by atoms with Crippen LogP contribution in [0.1, 0.15) is 6.92 Å². The lowest BCUT2D eigenvalue weighted by molar-refractivity contribution is -0.0275. The third kappa shape index (κ3) is 2.32. The monoisotopic (exact) mass is 274 g/mol. The van der Waals surface area contributed by atoms with Gasteiger partial charge in [-0.1, -0.05) is 12.1 Å². The first-order valence-corrected chi connectivity index (χ1v) is 4.43. The molecule has 4 heteroatoms. The second-order valence-electron chi connectivity index (χ2n) is 2.15. The standard InChI is InChI=1S/C8H7IN2O/c1-6(11-10)12-8-5-3-2-4-7(8)9/h2-5H,1H3. The molecule has 0 heterocycles. The number of nitrogens with zero attached hydrogens (tertiary/aromatic N) is 2. The first-order valence-electron chi connectivity index (χ1n) is 3.35. The maximum atomic E-state index is 8.35. The zero-order valence-electron chi connectivity index (χ0n) is 6.49. The molecular formula is C8H7IN2O. The van der Waals surface area contributed by atoms with Gasteiger partial charge in [0.1, 0.15) is 5.75 Å². The van der Waals surface area contributed by atoms with Gasteiger partial charge in [-0.15, -0.1) is 4.79 Å². The molecule has 0 aliphatic heterocycles. The molecule has 0 unspecified atom stereocenters. The maximum Gasteiger partial charge on any atom is 0.452 e. The zero-order chi connectivity index (χ0) is 8.97. The van der Waals surface area contributed by atoms with Crippen molar-refractivity contribution >= 4 is 28.5 Å². The van der Waals surface area contributed by atoms with Crippen molar-refractivity contribution in [1.29, 1.82) is 0 Å². The van der Waals surface area contributed by atoms with Crippen LogP contribution in [0.25, 0.3) is 5.53 Å². The second-order valence-corrected chi connectivity index (χ2v) is 3.31. The number of hydrogen-bond acceptors (Lipinski definition) is 1. The Labute approximate surface area is 84.1 Å². The SMILES string of the molecule is CC(=[N+]=[N-])Oc1ccccc1I. The molecule has 12 heavy (non-hydrogen) atoms. The number of halogens is 1. The third-order valence-electron chi connectivity index (χ3n) is 1.24. The fourth-order valence-electron chi connectivity index (χ4n) is 0.707. The molecule has 0 fully saturated rings. The van der Waals surface area contributed by atoms with Crippen molar-refractivity contribution in [3.8, 4) is 5.75 Å². The Balaban J connectivity index is 2.90. The number of rotatable bonds is 1. The molecule has 0 aliphatic rings. The summed E-state index contributed by atoms with van der Waals surface area (Å²) < 4.78 is 6.17. The van der Waals surface area contributed by atoms with E-state index in [1.165, 1.54) is 0 Å². The fourth-order valence-corrected chi connectivity index (χ4v) is 1.20. The summed E-state index contributed by atoms with van der Waals surface area (Å²) in [4.78, 5) is 2.92. The maximum absolute atomic E-state index is 8.35. The Hall–Kier alpha value is -0.870. The lowest BCUT2D eigenvalue weighted by Gasteiger charge is -1.99. The van der Waals surface area contributed by atoms with Crippen LogP contribution >= 0.6 is 22.6 Å². The molecule has 0 radical (unpaired) electrons. The zero-order valence-corrected chi connectivity index (χ0v) is 8.65. The van der Waals surface area contributed by atoms with Gasteiger partial charge in [0, 0.05) is 0 Å². The van der Waals surface area contributed by atoms with Crippen LogP contribution in [0.15, 0.2) is 24.3 Å². The van der Waals surface area contributed by atoms with Crippen LogP contribution in [0.2, 0.25) is 0 Å². The van der Waals surface area contributed by atoms with E-state index in [9.17, 15) is 0 Å². The quantitative estimate of drug-likeness (QED) is 0.255. The molecule has 0 N–H and O–H groups in total. The Morgan fingerprint density at radius 1 is 1.50 bits per heavy atom. The van der Waals surface area contributed by atoms with Gasteiger partial charge in [-0.3, -0.25) is 0 Å². The first kappa shape index (κ1) is 9.22. The van der Waals surface area contributed by atoms with E-state index in [1.807, 2.05) is 24.3 Å². The molecule has 3 nitrogen and oxygen atoms in total. The topological polar surface area (TPSA) is 45.6 Å². The summed E-state index contributed by atoms with van der Waals surface area (Å²) in [6.45, 7) is 1.59. The molecule has 0 atom stereocenters. The summed E-state index contributed by atoms with van der Waals surface area (Å²) in [5.74, 6) is 0.938. The van der Waals surface area contributed by atoms with Gasteiger partial charge in [0.05, 0.1) is 10.5 Å². The van der Waals surface area contributed by atoms with Crippen molar-refractivity contribution < 1.29 is 9.53 Å². The van der Waals surface area contributed by atoms with Crippen molar-refractivity contribution in [1.82, 2.24) is 0 Å². The highest BCUT2D eigenvalue weighted by atomic mass is 127. The van der Waals surface area contributed by atoms with Crippen LogP contribution in [-0.4, -0.2) is 10.7 Å². The van der Waals surface area contributed by atoms with Gasteiger partial charge < -0.3 is 10.3 Å². The lowest BCUT2D eigenvalue weighted by atomic mass is 10.3. The van der Waals surface area contributed by atoms with Crippen molar-refractivity contribution in [3.63, 3.8) is 0 Å². The molecule has 0 saturated heterocycles. The molecule has 1 aromatic rings. The van der Waals surface area contributed by atoms with Crippen LogP contribution in [0, 0.1) is 3.57 Å². The number of ether oxygens (including phenoxy) is 1. The molecule has 0 bridgehead atoms. The molecule has 62 valence electrons. The van der Waals surface area contributed by atoms with Crippen LogP contribution in [0.4, 0.5) is 0 Å². The Kier molecular flexibility index (Phi) is 3.25. The smallest absolute Gasteiger partial charge is 0.396 e. The minimum atomic E-state index is 0.235. The number of hydrogen-bond donors (Lipinski definition) is 0. The molecule has 0 spiro atoms. The van der Waals surface area contributed by atoms with Gasteiger partial charge in [-0.2, -0.15) is 0 Å². The van der Waals surface area contributed by atoms with Gasteiger partial charge in [-0.25, -0.2) is 0 Å². The van der Waals surface area contributed by atoms with Crippen molar-refractivity contribution in [3.05, 3.63) is 33.4 Å². The molecule has 0 aromatic heterocycles. The summed E-state index contributed by atoms with van der Waals surface area (Å²) in [5.41, 5.74) is 8.35. The summed E-state index contributed by atoms with van der Waals surface area (Å²) in [7, 11) is 0. The molecular weight excluding hydrogens is 267 g/mol. The van der Waals surface area contributed by atoms with E-state index in [1.54, 1.807) is 6.92 Å². The predicted octanol–water partition coefficient (Wildman–Crippen LogP) is 2.32. The van der Waals surface area contributed by atoms with E-state index >= 15 is 0 Å². The largest absolute Gasteiger partial charge is 0.452 e. The van der Waals surface area contributed by atoms with Crippen molar-refractivity contribution in [2.24, 2.45) is 0 Å². The minimum absolute atomic E-state index is 0.235. The Bertz CT molecular complexity index is 332. The predicted molar refractivity (Wildman–Crippen MR) is 54.1 cm³/mol. The van der Waals surface area contributed by atoms with E-state index in [0.717, 1.165) is 3.57 Å². The molecule has 1 aromatic carbocycles. The third-order valence-corrected chi connectivity index (χ3v) is 2.13. The fraction of sp³-hybridized carbons (Fsp3) is 0.125. The van der Waals surface area contributed by atoms with Crippen LogP contribution in [0.5, 0.6) is 5.75 Å². The first-order chi connectivity index (χ1) is 5.74. The molecule has 0 amide bonds. The second kappa shape index (κ2) is 4.23. The summed E-state index contributed by atoms with van der Waals surface area (Å²) in [5, 5.41) is 0. The van der Waals surface area contributed by atoms with Gasteiger partial charge >= 0.3 is 5.90 Å². The minimum Gasteiger partial charge on any atom is -0.396 e. The highest BCUT2D eigenvalue weighted by Gasteiger charge is 2.04. The molecule has 0 aliphatic carbocycles. The summed E-state index contributed by atoms with van der Waals surface area (Å²) in [6, 6.07) is 7.51. The lowest BCUT2D eigenvalue weighted by Crippen LogP contribution is -2.04. The number of benzene rings is 1. The highest BCUT2D eigenvalue weighted by molar-refractivity contribution is 14.1. The van der Waals surface area contributed by atoms with E-state index < -0.39 is 0 Å². The summed E-state index contributed by atoms with van der Waals surface area (Å²) in [6.07, 6.45) is 0. The van der Waals surface area contributed by atoms with Crippen molar-refractivity contribution in [2.45, 2.75) is 6.92 Å². The van der Waals surface area contributed by atoms with Gasteiger partial charge in [0.15, 0.2) is 0 Å². The normalized spacial score (nSPS) is 8.83. The van der Waals surface area contributed by atoms with Gasteiger partial charge in [-0.05, 0) is 34.7 Å². The Morgan fingerprint density at radius 3 is 2.75 bits per heavy atom. The van der Waals surface area contributed by atoms with Crippen LogP contribution in [0.3, 0.4) is 0 Å². The average Bonchev–Trinajstić information content (AvgIpc) is 2.09. The molecule has 0 saturated carbocycles. The highest BCUT2D eigenvalue weighted by Crippen LogP contribution is 2.19. The van der Waals surface area contributed by atoms with E-state index in [4.69, 9.17) is 10.3 Å². The van der Waals surface area contributed by atoms with Gasteiger partial charge in [0.2, 0.25) is 0 Å². The van der Waals surface area contributed by atoms with Crippen molar-refractivity contribution in [2.75, 3.05) is 0 Å². The number of para-hydroxylation sites is 1. The van der Waals surface area contributed by atoms with Crippen LogP contribution < -0.4 is 4.74 Å². The Morgan fingerprint density at radius 2 is 2.17 bits per heavy atom.